The van der Waals surface area contributed by atoms with Gasteiger partial charge in [-0.3, -0.25) is 4.79 Å². The van der Waals surface area contributed by atoms with Gasteiger partial charge in [0.15, 0.2) is 11.6 Å². The molecule has 23 heavy (non-hydrogen) atoms. The molecule has 6 nitrogen and oxygen atoms in total. The van der Waals surface area contributed by atoms with Gasteiger partial charge in [0, 0.05) is 32.6 Å². The molecular weight excluding hydrogens is 292 g/mol. The van der Waals surface area contributed by atoms with Crippen LogP contribution in [0.5, 0.6) is 0 Å². The van der Waals surface area contributed by atoms with Gasteiger partial charge in [0.1, 0.15) is 5.69 Å². The predicted molar refractivity (Wildman–Crippen MR) is 88.1 cm³/mol. The van der Waals surface area contributed by atoms with E-state index in [9.17, 15) is 4.79 Å². The van der Waals surface area contributed by atoms with E-state index < -0.39 is 0 Å². The molecule has 0 aromatic carbocycles. The third kappa shape index (κ3) is 3.70. The van der Waals surface area contributed by atoms with Gasteiger partial charge in [0.05, 0.1) is 6.26 Å². The standard InChI is InChI=1S/C17H22N4O2/c1-2-3-6-17(22)21-11-9-20(10-12-21)16-8-7-14(18-19-16)15-5-4-13-23-15/h4-5,7-8,13H,2-3,6,9-12H2,1H3. The third-order valence-corrected chi connectivity index (χ3v) is 4.12. The van der Waals surface area contributed by atoms with Crippen LogP contribution >= 0.6 is 0 Å². The molecule has 0 aliphatic carbocycles. The Morgan fingerprint density at radius 2 is 2.00 bits per heavy atom. The van der Waals surface area contributed by atoms with Gasteiger partial charge in [-0.15, -0.1) is 10.2 Å². The van der Waals surface area contributed by atoms with Crippen LogP contribution in [0.4, 0.5) is 5.82 Å². The lowest BCUT2D eigenvalue weighted by Gasteiger charge is -2.35. The molecule has 0 atom stereocenters. The van der Waals surface area contributed by atoms with Gasteiger partial charge in [-0.1, -0.05) is 13.3 Å². The maximum absolute atomic E-state index is 12.0. The van der Waals surface area contributed by atoms with Gasteiger partial charge in [0.25, 0.3) is 0 Å². The summed E-state index contributed by atoms with van der Waals surface area (Å²) in [4.78, 5) is 16.2. The second-order valence-corrected chi connectivity index (χ2v) is 5.73. The van der Waals surface area contributed by atoms with E-state index in [1.807, 2.05) is 29.2 Å². The van der Waals surface area contributed by atoms with Crippen molar-refractivity contribution in [3.63, 3.8) is 0 Å². The summed E-state index contributed by atoms with van der Waals surface area (Å²) in [6, 6.07) is 7.57. The van der Waals surface area contributed by atoms with E-state index in [-0.39, 0.29) is 5.91 Å². The minimum absolute atomic E-state index is 0.269. The summed E-state index contributed by atoms with van der Waals surface area (Å²) in [7, 11) is 0. The van der Waals surface area contributed by atoms with Crippen molar-refractivity contribution in [3.05, 3.63) is 30.5 Å². The Labute approximate surface area is 136 Å². The van der Waals surface area contributed by atoms with Crippen LogP contribution in [-0.4, -0.2) is 47.2 Å². The van der Waals surface area contributed by atoms with E-state index in [1.165, 1.54) is 0 Å². The van der Waals surface area contributed by atoms with Crippen molar-refractivity contribution < 1.29 is 9.21 Å². The number of amides is 1. The fourth-order valence-electron chi connectivity index (χ4n) is 2.72. The molecule has 3 heterocycles. The first-order valence-electron chi connectivity index (χ1n) is 8.18. The molecule has 2 aromatic heterocycles. The normalized spacial score (nSPS) is 15.0. The summed E-state index contributed by atoms with van der Waals surface area (Å²) in [6.07, 6.45) is 4.32. The molecule has 1 aliphatic rings. The number of hydrogen-bond donors (Lipinski definition) is 0. The van der Waals surface area contributed by atoms with Gasteiger partial charge in [0.2, 0.25) is 5.91 Å². The lowest BCUT2D eigenvalue weighted by atomic mass is 10.2. The van der Waals surface area contributed by atoms with E-state index in [4.69, 9.17) is 4.42 Å². The lowest BCUT2D eigenvalue weighted by molar-refractivity contribution is -0.131. The van der Waals surface area contributed by atoms with Crippen LogP contribution in [0, 0.1) is 0 Å². The molecule has 0 unspecified atom stereocenters. The first-order chi connectivity index (χ1) is 11.3. The van der Waals surface area contributed by atoms with Crippen molar-refractivity contribution in [1.29, 1.82) is 0 Å². The number of piperazine rings is 1. The number of aromatic nitrogens is 2. The molecule has 0 N–H and O–H groups in total. The van der Waals surface area contributed by atoms with Crippen LogP contribution in [0.25, 0.3) is 11.5 Å². The molecule has 1 aliphatic heterocycles. The Morgan fingerprint density at radius 3 is 2.61 bits per heavy atom. The molecular formula is C17H22N4O2. The van der Waals surface area contributed by atoms with Gasteiger partial charge in [-0.2, -0.15) is 0 Å². The van der Waals surface area contributed by atoms with Crippen molar-refractivity contribution in [2.75, 3.05) is 31.1 Å². The highest BCUT2D eigenvalue weighted by molar-refractivity contribution is 5.76. The fraction of sp³-hybridized carbons (Fsp3) is 0.471. The summed E-state index contributed by atoms with van der Waals surface area (Å²) in [5.41, 5.74) is 0.729. The first kappa shape index (κ1) is 15.5. The molecule has 3 rings (SSSR count). The Kier molecular flexibility index (Phi) is 4.90. The molecule has 0 spiro atoms. The second kappa shape index (κ2) is 7.26. The third-order valence-electron chi connectivity index (χ3n) is 4.12. The topological polar surface area (TPSA) is 62.5 Å². The number of hydrogen-bond acceptors (Lipinski definition) is 5. The van der Waals surface area contributed by atoms with E-state index in [1.54, 1.807) is 6.26 Å². The summed E-state index contributed by atoms with van der Waals surface area (Å²) in [5, 5.41) is 8.52. The van der Waals surface area contributed by atoms with Crippen LogP contribution in [0.1, 0.15) is 26.2 Å². The highest BCUT2D eigenvalue weighted by Gasteiger charge is 2.21. The minimum atomic E-state index is 0.269. The lowest BCUT2D eigenvalue weighted by Crippen LogP contribution is -2.49. The van der Waals surface area contributed by atoms with Crippen molar-refractivity contribution in [2.45, 2.75) is 26.2 Å². The Bertz CT molecular complexity index is 617. The number of anilines is 1. The van der Waals surface area contributed by atoms with Crippen LogP contribution in [0.2, 0.25) is 0 Å². The molecule has 1 amide bonds. The van der Waals surface area contributed by atoms with Crippen LogP contribution in [-0.2, 0) is 4.79 Å². The molecule has 0 radical (unpaired) electrons. The maximum Gasteiger partial charge on any atom is 0.222 e. The number of carbonyl (C=O) groups is 1. The number of unbranched alkanes of at least 4 members (excludes halogenated alkanes) is 1. The summed E-state index contributed by atoms with van der Waals surface area (Å²) < 4.78 is 5.32. The van der Waals surface area contributed by atoms with Crippen LogP contribution in [0.3, 0.4) is 0 Å². The molecule has 6 heteroatoms. The minimum Gasteiger partial charge on any atom is -0.463 e. The molecule has 2 aromatic rings. The van der Waals surface area contributed by atoms with Crippen molar-refractivity contribution in [3.8, 4) is 11.5 Å². The number of nitrogens with zero attached hydrogens (tertiary/aromatic N) is 4. The molecule has 1 fully saturated rings. The highest BCUT2D eigenvalue weighted by Crippen LogP contribution is 2.19. The van der Waals surface area contributed by atoms with Gasteiger partial charge in [-0.25, -0.2) is 0 Å². The largest absolute Gasteiger partial charge is 0.463 e. The SMILES string of the molecule is CCCCC(=O)N1CCN(c2ccc(-c3ccco3)nn2)CC1. The van der Waals surface area contributed by atoms with E-state index in [0.717, 1.165) is 56.3 Å². The van der Waals surface area contributed by atoms with E-state index >= 15 is 0 Å². The fourth-order valence-corrected chi connectivity index (χ4v) is 2.72. The zero-order chi connectivity index (χ0) is 16.1. The first-order valence-corrected chi connectivity index (χ1v) is 8.18. The smallest absolute Gasteiger partial charge is 0.222 e. The van der Waals surface area contributed by atoms with E-state index in [0.29, 0.717) is 6.42 Å². The maximum atomic E-state index is 12.0. The molecule has 122 valence electrons. The van der Waals surface area contributed by atoms with Gasteiger partial charge >= 0.3 is 0 Å². The average molecular weight is 314 g/mol. The number of carbonyl (C=O) groups excluding carboxylic acids is 1. The number of furan rings is 1. The van der Waals surface area contributed by atoms with Crippen molar-refractivity contribution in [1.82, 2.24) is 15.1 Å². The zero-order valence-electron chi connectivity index (χ0n) is 13.4. The Balaban J connectivity index is 1.56. The van der Waals surface area contributed by atoms with Gasteiger partial charge in [-0.05, 0) is 30.7 Å². The summed E-state index contributed by atoms with van der Waals surface area (Å²) >= 11 is 0. The zero-order valence-corrected chi connectivity index (χ0v) is 13.4. The number of rotatable bonds is 5. The quantitative estimate of drug-likeness (QED) is 0.849. The molecule has 1 saturated heterocycles. The second-order valence-electron chi connectivity index (χ2n) is 5.73. The van der Waals surface area contributed by atoms with Crippen LogP contribution < -0.4 is 4.90 Å². The highest BCUT2D eigenvalue weighted by atomic mass is 16.3. The van der Waals surface area contributed by atoms with Gasteiger partial charge < -0.3 is 14.2 Å². The van der Waals surface area contributed by atoms with Crippen molar-refractivity contribution in [2.24, 2.45) is 0 Å². The van der Waals surface area contributed by atoms with E-state index in [2.05, 4.69) is 22.0 Å². The monoisotopic (exact) mass is 314 g/mol. The van der Waals surface area contributed by atoms with Crippen LogP contribution in [0.15, 0.2) is 34.9 Å². The summed E-state index contributed by atoms with van der Waals surface area (Å²) in [5.74, 6) is 1.84. The predicted octanol–water partition coefficient (Wildman–Crippen LogP) is 2.58. The summed E-state index contributed by atoms with van der Waals surface area (Å²) in [6.45, 7) is 5.21. The molecule has 0 bridgehead atoms. The average Bonchev–Trinajstić information content (AvgIpc) is 3.14. The Hall–Kier alpha value is -2.37. The van der Waals surface area contributed by atoms with Crippen molar-refractivity contribution >= 4 is 11.7 Å². The Morgan fingerprint density at radius 1 is 1.17 bits per heavy atom. The molecule has 0 saturated carbocycles.